The molecule has 1 aromatic rings. The minimum atomic E-state index is -0.772. The highest BCUT2D eigenvalue weighted by molar-refractivity contribution is 6.31. The Balaban J connectivity index is 1.29. The van der Waals surface area contributed by atoms with Gasteiger partial charge in [0.2, 0.25) is 11.8 Å². The number of nitrogens with zero attached hydrogens (tertiary/aromatic N) is 1. The fraction of sp³-hybridized carbons (Fsp3) is 0.500. The third-order valence-electron chi connectivity index (χ3n) is 6.13. The third kappa shape index (κ3) is 3.28. The Morgan fingerprint density at radius 2 is 1.82 bits per heavy atom. The summed E-state index contributed by atoms with van der Waals surface area (Å²) in [5, 5.41) is 3.09. The molecule has 2 bridgehead atoms. The number of aryl methyl sites for hydroxylation is 1. The zero-order chi connectivity index (χ0) is 20.0. The van der Waals surface area contributed by atoms with E-state index in [4.69, 9.17) is 16.3 Å². The fourth-order valence-corrected chi connectivity index (χ4v) is 5.00. The number of hydrogen-bond donors (Lipinski definition) is 1. The second-order valence-corrected chi connectivity index (χ2v) is 8.23. The molecule has 7 nitrogen and oxygen atoms in total. The van der Waals surface area contributed by atoms with Crippen LogP contribution in [0.5, 0.6) is 0 Å². The predicted molar refractivity (Wildman–Crippen MR) is 100 cm³/mol. The standard InChI is InChI=1S/C20H21ClN2O5/c1-10-2-5-13(7-14(10)21)22-15(24)9-28-16(25)8-23-19(26)17-11-3-4-12(6-11)18(17)20(23)27/h2,5,7,11-12,17-18H,3-4,6,8-9H2,1H3,(H,22,24)/t11-,12+,17-,18-/m0/s1. The number of fused-ring (bicyclic) bond motifs is 5. The van der Waals surface area contributed by atoms with Crippen LogP contribution >= 0.6 is 11.6 Å². The number of halogens is 1. The van der Waals surface area contributed by atoms with Gasteiger partial charge in [0.15, 0.2) is 6.61 Å². The van der Waals surface area contributed by atoms with Gasteiger partial charge >= 0.3 is 5.97 Å². The summed E-state index contributed by atoms with van der Waals surface area (Å²) in [6, 6.07) is 5.05. The minimum Gasteiger partial charge on any atom is -0.454 e. The smallest absolute Gasteiger partial charge is 0.326 e. The van der Waals surface area contributed by atoms with Gasteiger partial charge in [-0.05, 0) is 55.7 Å². The highest BCUT2D eigenvalue weighted by atomic mass is 35.5. The van der Waals surface area contributed by atoms with E-state index in [-0.39, 0.29) is 35.5 Å². The topological polar surface area (TPSA) is 92.8 Å². The van der Waals surface area contributed by atoms with Crippen molar-refractivity contribution in [3.63, 3.8) is 0 Å². The zero-order valence-corrected chi connectivity index (χ0v) is 16.2. The Bertz CT molecular complexity index is 842. The van der Waals surface area contributed by atoms with Crippen molar-refractivity contribution in [2.24, 2.45) is 23.7 Å². The average Bonchev–Trinajstić information content (AvgIpc) is 3.33. The monoisotopic (exact) mass is 404 g/mol. The van der Waals surface area contributed by atoms with Crippen LogP contribution < -0.4 is 5.32 Å². The van der Waals surface area contributed by atoms with Crippen molar-refractivity contribution in [3.05, 3.63) is 28.8 Å². The normalized spacial score (nSPS) is 27.9. The Labute approximate surface area is 167 Å². The number of esters is 1. The molecule has 1 aromatic carbocycles. The van der Waals surface area contributed by atoms with Gasteiger partial charge in [-0.25, -0.2) is 0 Å². The Morgan fingerprint density at radius 3 is 2.43 bits per heavy atom. The van der Waals surface area contributed by atoms with Gasteiger partial charge in [-0.15, -0.1) is 0 Å². The number of carbonyl (C=O) groups is 4. The van der Waals surface area contributed by atoms with Gasteiger partial charge in [0.05, 0.1) is 11.8 Å². The molecule has 8 heteroatoms. The van der Waals surface area contributed by atoms with Crippen molar-refractivity contribution >= 4 is 41.0 Å². The highest BCUT2D eigenvalue weighted by Gasteiger charge is 2.61. The van der Waals surface area contributed by atoms with Gasteiger partial charge < -0.3 is 10.1 Å². The Morgan fingerprint density at radius 1 is 1.18 bits per heavy atom. The first-order chi connectivity index (χ1) is 13.3. The lowest BCUT2D eigenvalue weighted by Gasteiger charge is -2.19. The first-order valence-corrected chi connectivity index (χ1v) is 9.80. The number of anilines is 1. The quantitative estimate of drug-likeness (QED) is 0.599. The fourth-order valence-electron chi connectivity index (χ4n) is 4.81. The SMILES string of the molecule is Cc1ccc(NC(=O)COC(=O)CN2C(=O)[C@H]3[C@@H]4CC[C@@H](C4)[C@@H]3C2=O)cc1Cl. The number of imide groups is 1. The predicted octanol–water partition coefficient (Wildman–Crippen LogP) is 2.16. The Hall–Kier alpha value is -2.41. The molecule has 2 aliphatic carbocycles. The molecule has 148 valence electrons. The van der Waals surface area contributed by atoms with Crippen LogP contribution in [0, 0.1) is 30.6 Å². The molecule has 1 aliphatic heterocycles. The lowest BCUT2D eigenvalue weighted by molar-refractivity contribution is -0.154. The van der Waals surface area contributed by atoms with Gasteiger partial charge in [0.1, 0.15) is 6.54 Å². The number of likely N-dealkylation sites (tertiary alicyclic amines) is 1. The molecule has 4 rings (SSSR count). The van der Waals surface area contributed by atoms with E-state index >= 15 is 0 Å². The van der Waals surface area contributed by atoms with E-state index in [2.05, 4.69) is 5.32 Å². The number of rotatable bonds is 5. The summed E-state index contributed by atoms with van der Waals surface area (Å²) in [4.78, 5) is 50.2. The van der Waals surface area contributed by atoms with Crippen LogP contribution in [0.3, 0.4) is 0 Å². The number of amides is 3. The second-order valence-electron chi connectivity index (χ2n) is 7.82. The van der Waals surface area contributed by atoms with Crippen molar-refractivity contribution in [1.82, 2.24) is 4.90 Å². The molecule has 0 unspecified atom stereocenters. The maximum atomic E-state index is 12.6. The van der Waals surface area contributed by atoms with Gasteiger partial charge in [0.25, 0.3) is 5.91 Å². The van der Waals surface area contributed by atoms with Crippen LogP contribution in [-0.2, 0) is 23.9 Å². The molecule has 1 saturated heterocycles. The van der Waals surface area contributed by atoms with E-state index in [9.17, 15) is 19.2 Å². The van der Waals surface area contributed by atoms with Crippen molar-refractivity contribution < 1.29 is 23.9 Å². The maximum absolute atomic E-state index is 12.6. The maximum Gasteiger partial charge on any atom is 0.326 e. The molecule has 28 heavy (non-hydrogen) atoms. The summed E-state index contributed by atoms with van der Waals surface area (Å²) in [5.41, 5.74) is 1.37. The van der Waals surface area contributed by atoms with Crippen molar-refractivity contribution in [1.29, 1.82) is 0 Å². The average molecular weight is 405 g/mol. The molecule has 0 aromatic heterocycles. The Kier molecular flexibility index (Phi) is 4.87. The highest BCUT2D eigenvalue weighted by Crippen LogP contribution is 2.56. The first kappa shape index (κ1) is 18.9. The van der Waals surface area contributed by atoms with Gasteiger partial charge in [0, 0.05) is 10.7 Å². The van der Waals surface area contributed by atoms with Crippen molar-refractivity contribution in [2.75, 3.05) is 18.5 Å². The van der Waals surface area contributed by atoms with Crippen LogP contribution in [0.1, 0.15) is 24.8 Å². The van der Waals surface area contributed by atoms with Crippen LogP contribution in [0.15, 0.2) is 18.2 Å². The number of carbonyl (C=O) groups excluding carboxylic acids is 4. The van der Waals surface area contributed by atoms with Crippen LogP contribution in [-0.4, -0.2) is 41.7 Å². The largest absolute Gasteiger partial charge is 0.454 e. The molecule has 1 heterocycles. The molecular formula is C20H21ClN2O5. The van der Waals surface area contributed by atoms with Gasteiger partial charge in [-0.2, -0.15) is 0 Å². The zero-order valence-electron chi connectivity index (χ0n) is 15.4. The molecule has 3 amide bonds. The second kappa shape index (κ2) is 7.20. The summed E-state index contributed by atoms with van der Waals surface area (Å²) < 4.78 is 4.95. The molecule has 0 radical (unpaired) electrons. The lowest BCUT2D eigenvalue weighted by Crippen LogP contribution is -2.38. The third-order valence-corrected chi connectivity index (χ3v) is 6.53. The van der Waals surface area contributed by atoms with E-state index in [0.29, 0.717) is 10.7 Å². The summed E-state index contributed by atoms with van der Waals surface area (Å²) in [6.07, 6.45) is 2.90. The molecule has 1 N–H and O–H groups in total. The molecule has 4 atom stereocenters. The number of ether oxygens (including phenoxy) is 1. The molecule has 2 saturated carbocycles. The minimum absolute atomic E-state index is 0.264. The van der Waals surface area contributed by atoms with E-state index in [1.54, 1.807) is 18.2 Å². The summed E-state index contributed by atoms with van der Waals surface area (Å²) >= 11 is 6.01. The number of hydrogen-bond acceptors (Lipinski definition) is 5. The van der Waals surface area contributed by atoms with Crippen LogP contribution in [0.4, 0.5) is 5.69 Å². The van der Waals surface area contributed by atoms with E-state index in [1.807, 2.05) is 6.92 Å². The number of benzene rings is 1. The van der Waals surface area contributed by atoms with E-state index in [0.717, 1.165) is 29.7 Å². The molecule has 0 spiro atoms. The summed E-state index contributed by atoms with van der Waals surface area (Å²) in [7, 11) is 0. The van der Waals surface area contributed by atoms with Crippen molar-refractivity contribution in [2.45, 2.75) is 26.2 Å². The lowest BCUT2D eigenvalue weighted by atomic mass is 9.81. The van der Waals surface area contributed by atoms with E-state index in [1.165, 1.54) is 0 Å². The molecule has 3 fully saturated rings. The van der Waals surface area contributed by atoms with Crippen LogP contribution in [0.2, 0.25) is 5.02 Å². The number of nitrogens with one attached hydrogen (secondary N) is 1. The van der Waals surface area contributed by atoms with Crippen molar-refractivity contribution in [3.8, 4) is 0 Å². The van der Waals surface area contributed by atoms with Gasteiger partial charge in [-0.1, -0.05) is 17.7 Å². The summed E-state index contributed by atoms with van der Waals surface area (Å²) in [5.74, 6) is -1.84. The molecule has 3 aliphatic rings. The molecular weight excluding hydrogens is 384 g/mol. The first-order valence-electron chi connectivity index (χ1n) is 9.42. The van der Waals surface area contributed by atoms with Crippen LogP contribution in [0.25, 0.3) is 0 Å². The summed E-state index contributed by atoms with van der Waals surface area (Å²) in [6.45, 7) is 0.905. The van der Waals surface area contributed by atoms with Gasteiger partial charge in [-0.3, -0.25) is 24.1 Å². The van der Waals surface area contributed by atoms with E-state index < -0.39 is 25.0 Å².